The van der Waals surface area contributed by atoms with E-state index in [-0.39, 0.29) is 13.2 Å². The molecule has 0 radical (unpaired) electrons. The number of nitrogens with zero attached hydrogens (tertiary/aromatic N) is 3. The molecule has 9 nitrogen and oxygen atoms in total. The van der Waals surface area contributed by atoms with E-state index in [1.807, 2.05) is 35.2 Å². The first-order valence-electron chi connectivity index (χ1n) is 15.3. The molecule has 0 amide bonds. The molecule has 3 aromatic carbocycles. The van der Waals surface area contributed by atoms with Crippen LogP contribution in [0.2, 0.25) is 5.02 Å². The Morgan fingerprint density at radius 2 is 1.85 bits per heavy atom. The van der Waals surface area contributed by atoms with Gasteiger partial charge in [0.25, 0.3) is 0 Å². The summed E-state index contributed by atoms with van der Waals surface area (Å²) in [6, 6.07) is 18.9. The molecular weight excluding hydrogens is 606 g/mol. The second kappa shape index (κ2) is 14.1. The SMILES string of the molecule is Cc1c(COc2cc(OCc3cncc(C#N)c3)c(CN3CCCCC3C(=O)O)cc2Cl)cccc1-c1ccc2c(c1)OCCO2. The number of hydrogen-bond acceptors (Lipinski definition) is 8. The highest BCUT2D eigenvalue weighted by Crippen LogP contribution is 2.38. The minimum Gasteiger partial charge on any atom is -0.488 e. The van der Waals surface area contributed by atoms with Crippen LogP contribution in [-0.2, 0) is 24.6 Å². The van der Waals surface area contributed by atoms with Gasteiger partial charge in [-0.3, -0.25) is 14.7 Å². The molecule has 1 unspecified atom stereocenters. The lowest BCUT2D eigenvalue weighted by molar-refractivity contribution is -0.144. The van der Waals surface area contributed by atoms with Crippen molar-refractivity contribution in [3.63, 3.8) is 0 Å². The summed E-state index contributed by atoms with van der Waals surface area (Å²) >= 11 is 6.79. The molecule has 1 aromatic heterocycles. The van der Waals surface area contributed by atoms with Crippen molar-refractivity contribution in [1.29, 1.82) is 5.26 Å². The van der Waals surface area contributed by atoms with Gasteiger partial charge < -0.3 is 24.1 Å². The fraction of sp³-hybridized carbons (Fsp3) is 0.306. The number of nitriles is 1. The standard InChI is InChI=1S/C36H34ClN3O6/c1-23-27(5-4-6-29(23)26-8-9-32-35(15-26)44-12-11-43-32)22-46-34-16-33(45-21-25-13-24(17-38)18-39-19-25)28(14-30(34)37)20-40-10-3-2-7-31(40)36(41)42/h4-6,8-9,13-16,18-19,31H,2-3,7,10-12,20-22H2,1H3,(H,41,42). The Morgan fingerprint density at radius 3 is 2.67 bits per heavy atom. The molecule has 1 N–H and O–H groups in total. The lowest BCUT2D eigenvalue weighted by atomic mass is 9.96. The highest BCUT2D eigenvalue weighted by atomic mass is 35.5. The molecule has 2 aliphatic heterocycles. The lowest BCUT2D eigenvalue weighted by Crippen LogP contribution is -2.44. The molecule has 0 aliphatic carbocycles. The van der Waals surface area contributed by atoms with Crippen LogP contribution in [0.15, 0.2) is 67.0 Å². The Kier molecular flexibility index (Phi) is 9.57. The number of carbonyl (C=O) groups is 1. The van der Waals surface area contributed by atoms with E-state index in [4.69, 9.17) is 30.5 Å². The van der Waals surface area contributed by atoms with Crippen molar-refractivity contribution in [3.05, 3.63) is 99.8 Å². The third-order valence-electron chi connectivity index (χ3n) is 8.39. The largest absolute Gasteiger partial charge is 0.488 e. The molecule has 2 aliphatic rings. The maximum absolute atomic E-state index is 12.0. The van der Waals surface area contributed by atoms with Gasteiger partial charge in [0.1, 0.15) is 50.0 Å². The van der Waals surface area contributed by atoms with Gasteiger partial charge in [-0.25, -0.2) is 0 Å². The molecule has 0 spiro atoms. The van der Waals surface area contributed by atoms with Gasteiger partial charge in [0.15, 0.2) is 11.5 Å². The normalized spacial score (nSPS) is 16.0. The summed E-state index contributed by atoms with van der Waals surface area (Å²) in [5, 5.41) is 19.5. The maximum atomic E-state index is 12.0. The molecule has 6 rings (SSSR count). The number of carboxylic acid groups (broad SMARTS) is 1. The summed E-state index contributed by atoms with van der Waals surface area (Å²) in [6.07, 6.45) is 5.54. The number of likely N-dealkylation sites (tertiary alicyclic amines) is 1. The number of carboxylic acids is 1. The van der Waals surface area contributed by atoms with E-state index >= 15 is 0 Å². The van der Waals surface area contributed by atoms with Crippen molar-refractivity contribution in [2.24, 2.45) is 0 Å². The minimum atomic E-state index is -0.832. The van der Waals surface area contributed by atoms with Crippen molar-refractivity contribution >= 4 is 17.6 Å². The number of aliphatic carboxylic acids is 1. The van der Waals surface area contributed by atoms with Crippen LogP contribution in [-0.4, -0.2) is 46.8 Å². The maximum Gasteiger partial charge on any atom is 0.320 e. The summed E-state index contributed by atoms with van der Waals surface area (Å²) in [7, 11) is 0. The molecule has 1 saturated heterocycles. The fourth-order valence-corrected chi connectivity index (χ4v) is 6.17. The molecule has 46 heavy (non-hydrogen) atoms. The van der Waals surface area contributed by atoms with Crippen LogP contribution < -0.4 is 18.9 Å². The third-order valence-corrected chi connectivity index (χ3v) is 8.68. The number of fused-ring (bicyclic) bond motifs is 1. The number of hydrogen-bond donors (Lipinski definition) is 1. The molecule has 4 aromatic rings. The van der Waals surface area contributed by atoms with Gasteiger partial charge in [-0.05, 0) is 72.8 Å². The number of pyridine rings is 1. The van der Waals surface area contributed by atoms with E-state index in [9.17, 15) is 15.2 Å². The Labute approximate surface area is 272 Å². The second-order valence-electron chi connectivity index (χ2n) is 11.4. The average molecular weight is 640 g/mol. The highest BCUT2D eigenvalue weighted by molar-refractivity contribution is 6.32. The van der Waals surface area contributed by atoms with Gasteiger partial charge in [0, 0.05) is 36.1 Å². The number of ether oxygens (including phenoxy) is 4. The van der Waals surface area contributed by atoms with Crippen molar-refractivity contribution in [2.45, 2.75) is 52.0 Å². The number of aromatic nitrogens is 1. The van der Waals surface area contributed by atoms with Gasteiger partial charge in [-0.1, -0.05) is 42.3 Å². The number of halogens is 1. The quantitative estimate of drug-likeness (QED) is 0.197. The summed E-state index contributed by atoms with van der Waals surface area (Å²) in [6.45, 7) is 4.58. The first-order chi connectivity index (χ1) is 22.4. The topological polar surface area (TPSA) is 114 Å². The predicted molar refractivity (Wildman–Crippen MR) is 172 cm³/mol. The van der Waals surface area contributed by atoms with Crippen LogP contribution in [0.1, 0.15) is 47.1 Å². The second-order valence-corrected chi connectivity index (χ2v) is 11.8. The van der Waals surface area contributed by atoms with Crippen molar-refractivity contribution < 1.29 is 28.8 Å². The lowest BCUT2D eigenvalue weighted by Gasteiger charge is -2.33. The summed E-state index contributed by atoms with van der Waals surface area (Å²) < 4.78 is 24.0. The monoisotopic (exact) mass is 639 g/mol. The van der Waals surface area contributed by atoms with Gasteiger partial charge in [0.05, 0.1) is 10.6 Å². The molecule has 3 heterocycles. The van der Waals surface area contributed by atoms with Crippen molar-refractivity contribution in [1.82, 2.24) is 9.88 Å². The fourth-order valence-electron chi connectivity index (χ4n) is 5.93. The van der Waals surface area contributed by atoms with E-state index < -0.39 is 12.0 Å². The van der Waals surface area contributed by atoms with E-state index in [0.717, 1.165) is 57.7 Å². The smallest absolute Gasteiger partial charge is 0.320 e. The third kappa shape index (κ3) is 7.04. The zero-order valence-corrected chi connectivity index (χ0v) is 26.3. The Bertz CT molecular complexity index is 1790. The molecule has 0 saturated carbocycles. The predicted octanol–water partition coefficient (Wildman–Crippen LogP) is 6.95. The molecular formula is C36H34ClN3O6. The van der Waals surface area contributed by atoms with Gasteiger partial charge >= 0.3 is 5.97 Å². The van der Waals surface area contributed by atoms with E-state index in [1.54, 1.807) is 24.4 Å². The molecule has 1 atom stereocenters. The number of benzene rings is 3. The average Bonchev–Trinajstić information content (AvgIpc) is 3.08. The summed E-state index contributed by atoms with van der Waals surface area (Å²) in [4.78, 5) is 18.1. The van der Waals surface area contributed by atoms with Crippen molar-refractivity contribution in [3.8, 4) is 40.2 Å². The Hall–Kier alpha value is -4.78. The first-order valence-corrected chi connectivity index (χ1v) is 15.6. The van der Waals surface area contributed by atoms with Gasteiger partial charge in [-0.2, -0.15) is 5.26 Å². The molecule has 1 fully saturated rings. The van der Waals surface area contributed by atoms with Crippen LogP contribution in [0, 0.1) is 18.3 Å². The highest BCUT2D eigenvalue weighted by Gasteiger charge is 2.29. The van der Waals surface area contributed by atoms with Crippen LogP contribution in [0.3, 0.4) is 0 Å². The number of piperidine rings is 1. The number of rotatable bonds is 10. The van der Waals surface area contributed by atoms with Gasteiger partial charge in [-0.15, -0.1) is 0 Å². The summed E-state index contributed by atoms with van der Waals surface area (Å²) in [5.74, 6) is 1.62. The van der Waals surface area contributed by atoms with Crippen LogP contribution in [0.25, 0.3) is 11.1 Å². The molecule has 0 bridgehead atoms. The first kappa shape index (κ1) is 31.2. The minimum absolute atomic E-state index is 0.162. The molecule has 10 heteroatoms. The van der Waals surface area contributed by atoms with E-state index in [1.165, 1.54) is 6.20 Å². The zero-order chi connectivity index (χ0) is 32.0. The van der Waals surface area contributed by atoms with Gasteiger partial charge in [0.2, 0.25) is 0 Å². The van der Waals surface area contributed by atoms with E-state index in [2.05, 4.69) is 24.0 Å². The van der Waals surface area contributed by atoms with Crippen LogP contribution in [0.4, 0.5) is 0 Å². The van der Waals surface area contributed by atoms with Crippen LogP contribution >= 0.6 is 11.6 Å². The zero-order valence-electron chi connectivity index (χ0n) is 25.5. The molecule has 236 valence electrons. The summed E-state index contributed by atoms with van der Waals surface area (Å²) in [5.41, 5.74) is 6.07. The van der Waals surface area contributed by atoms with Crippen molar-refractivity contribution in [2.75, 3.05) is 19.8 Å². The van der Waals surface area contributed by atoms with E-state index in [0.29, 0.717) is 54.8 Å². The van der Waals surface area contributed by atoms with Crippen LogP contribution in [0.5, 0.6) is 23.0 Å². The Balaban J connectivity index is 1.25. The Morgan fingerprint density at radius 1 is 1.02 bits per heavy atom.